The fourth-order valence-corrected chi connectivity index (χ4v) is 2.90. The molecule has 0 aliphatic rings. The van der Waals surface area contributed by atoms with E-state index in [2.05, 4.69) is 61.0 Å². The van der Waals surface area contributed by atoms with Crippen LogP contribution in [0.25, 0.3) is 0 Å². The fraction of sp³-hybridized carbons (Fsp3) is 0. The molecule has 0 aliphatic carbocycles. The lowest BCUT2D eigenvalue weighted by atomic mass is 10.2. The monoisotopic (exact) mass is 416 g/mol. The predicted octanol–water partition coefficient (Wildman–Crippen LogP) is 6.26. The number of hydrogen-bond donors (Lipinski definition) is 1. The fourth-order valence-electron chi connectivity index (χ4n) is 2.27. The van der Waals surface area contributed by atoms with Crippen molar-refractivity contribution in [1.82, 2.24) is 0 Å². The summed E-state index contributed by atoms with van der Waals surface area (Å²) in [5.41, 5.74) is 9.88. The molecule has 3 aromatic carbocycles. The van der Waals surface area contributed by atoms with Crippen LogP contribution in [-0.4, -0.2) is 0 Å². The van der Waals surface area contributed by atoms with Crippen molar-refractivity contribution in [3.63, 3.8) is 0 Å². The summed E-state index contributed by atoms with van der Waals surface area (Å²) in [6.45, 7) is 0. The molecule has 2 nitrogen and oxygen atoms in total. The Morgan fingerprint density at radius 1 is 0.682 bits per heavy atom. The lowest BCUT2D eigenvalue weighted by Gasteiger charge is -2.25. The number of nitrogen functional groups attached to an aromatic ring is 1. The molecule has 110 valence electrons. The van der Waals surface area contributed by atoms with Gasteiger partial charge in [0.2, 0.25) is 0 Å². The summed E-state index contributed by atoms with van der Waals surface area (Å²) in [6, 6.07) is 24.5. The number of halogens is 2. The molecule has 0 fully saturated rings. The zero-order chi connectivity index (χ0) is 15.5. The minimum atomic E-state index is 0.729. The first-order valence-corrected chi connectivity index (χ1v) is 8.39. The summed E-state index contributed by atoms with van der Waals surface area (Å²) in [5.74, 6) is 0. The normalized spacial score (nSPS) is 10.5. The molecule has 0 aromatic heterocycles. The van der Waals surface area contributed by atoms with Crippen LogP contribution < -0.4 is 10.6 Å². The summed E-state index contributed by atoms with van der Waals surface area (Å²) in [5, 5.41) is 0. The Morgan fingerprint density at radius 2 is 1.27 bits per heavy atom. The molecule has 0 saturated carbocycles. The van der Waals surface area contributed by atoms with E-state index in [0.717, 1.165) is 31.7 Å². The quantitative estimate of drug-likeness (QED) is 0.509. The summed E-state index contributed by atoms with van der Waals surface area (Å²) < 4.78 is 1.95. The Balaban J connectivity index is 2.14. The van der Waals surface area contributed by atoms with E-state index in [-0.39, 0.29) is 0 Å². The zero-order valence-corrected chi connectivity index (χ0v) is 14.9. The van der Waals surface area contributed by atoms with Gasteiger partial charge in [-0.25, -0.2) is 0 Å². The highest BCUT2D eigenvalue weighted by Crippen LogP contribution is 2.37. The van der Waals surface area contributed by atoms with Crippen LogP contribution in [0.1, 0.15) is 0 Å². The summed E-state index contributed by atoms with van der Waals surface area (Å²) in [6.07, 6.45) is 0. The minimum absolute atomic E-state index is 0.729. The van der Waals surface area contributed by atoms with Crippen LogP contribution in [0.2, 0.25) is 0 Å². The molecule has 4 heteroatoms. The van der Waals surface area contributed by atoms with Gasteiger partial charge in [0.15, 0.2) is 0 Å². The van der Waals surface area contributed by atoms with Gasteiger partial charge in [0.05, 0.1) is 0 Å². The summed E-state index contributed by atoms with van der Waals surface area (Å²) >= 11 is 7.00. The lowest BCUT2D eigenvalue weighted by Crippen LogP contribution is -2.09. The largest absolute Gasteiger partial charge is 0.398 e. The number of nitrogens with zero attached hydrogens (tertiary/aromatic N) is 1. The number of anilines is 4. The standard InChI is InChI=1S/C18H14Br2N2/c19-13-6-8-15(9-7-13)22(14-4-2-1-3-5-14)16-10-11-18(21)17(20)12-16/h1-12H,21H2. The molecule has 0 heterocycles. The van der Waals surface area contributed by atoms with E-state index in [1.807, 2.05) is 48.5 Å². The minimum Gasteiger partial charge on any atom is -0.398 e. The SMILES string of the molecule is Nc1ccc(N(c2ccccc2)c2ccc(Br)cc2)cc1Br. The van der Waals surface area contributed by atoms with Crippen molar-refractivity contribution in [3.8, 4) is 0 Å². The number of rotatable bonds is 3. The highest BCUT2D eigenvalue weighted by atomic mass is 79.9. The Bertz CT molecular complexity index is 771. The average molecular weight is 418 g/mol. The molecule has 0 radical (unpaired) electrons. The third kappa shape index (κ3) is 3.18. The lowest BCUT2D eigenvalue weighted by molar-refractivity contribution is 1.28. The van der Waals surface area contributed by atoms with E-state index in [0.29, 0.717) is 0 Å². The first-order chi connectivity index (χ1) is 10.6. The van der Waals surface area contributed by atoms with E-state index in [1.54, 1.807) is 0 Å². The van der Waals surface area contributed by atoms with Crippen LogP contribution in [-0.2, 0) is 0 Å². The smallest absolute Gasteiger partial charge is 0.0474 e. The van der Waals surface area contributed by atoms with Crippen LogP contribution in [0.3, 0.4) is 0 Å². The number of para-hydroxylation sites is 1. The van der Waals surface area contributed by atoms with Crippen LogP contribution >= 0.6 is 31.9 Å². The van der Waals surface area contributed by atoms with Gasteiger partial charge in [0, 0.05) is 31.7 Å². The molecule has 0 saturated heterocycles. The van der Waals surface area contributed by atoms with Crippen LogP contribution in [0.5, 0.6) is 0 Å². The Labute approximate surface area is 146 Å². The first-order valence-electron chi connectivity index (χ1n) is 6.81. The molecular weight excluding hydrogens is 404 g/mol. The molecule has 0 aliphatic heterocycles. The number of nitrogens with two attached hydrogens (primary N) is 1. The summed E-state index contributed by atoms with van der Waals surface area (Å²) in [7, 11) is 0. The van der Waals surface area contributed by atoms with Gasteiger partial charge in [-0.3, -0.25) is 0 Å². The molecule has 3 rings (SSSR count). The second-order valence-corrected chi connectivity index (χ2v) is 6.62. The first kappa shape index (κ1) is 15.1. The average Bonchev–Trinajstić information content (AvgIpc) is 2.54. The van der Waals surface area contributed by atoms with E-state index in [1.165, 1.54) is 0 Å². The van der Waals surface area contributed by atoms with Crippen molar-refractivity contribution in [2.75, 3.05) is 10.6 Å². The van der Waals surface area contributed by atoms with Crippen LogP contribution in [0.4, 0.5) is 22.7 Å². The molecule has 2 N–H and O–H groups in total. The number of hydrogen-bond acceptors (Lipinski definition) is 2. The second kappa shape index (κ2) is 6.55. The van der Waals surface area contributed by atoms with E-state index in [9.17, 15) is 0 Å². The maximum absolute atomic E-state index is 5.91. The zero-order valence-electron chi connectivity index (χ0n) is 11.7. The molecule has 0 bridgehead atoms. The molecule has 0 unspecified atom stereocenters. The van der Waals surface area contributed by atoms with Crippen molar-refractivity contribution in [2.24, 2.45) is 0 Å². The Hall–Kier alpha value is -1.78. The molecular formula is C18H14Br2N2. The third-order valence-electron chi connectivity index (χ3n) is 3.34. The maximum Gasteiger partial charge on any atom is 0.0474 e. The van der Waals surface area contributed by atoms with Crippen molar-refractivity contribution < 1.29 is 0 Å². The summed E-state index contributed by atoms with van der Waals surface area (Å²) in [4.78, 5) is 2.19. The van der Waals surface area contributed by atoms with E-state index < -0.39 is 0 Å². The van der Waals surface area contributed by atoms with Gasteiger partial charge in [-0.05, 0) is 70.5 Å². The molecule has 0 amide bonds. The topological polar surface area (TPSA) is 29.3 Å². The molecule has 22 heavy (non-hydrogen) atoms. The van der Waals surface area contributed by atoms with Gasteiger partial charge in [-0.15, -0.1) is 0 Å². The Kier molecular flexibility index (Phi) is 4.50. The maximum atomic E-state index is 5.91. The highest BCUT2D eigenvalue weighted by Gasteiger charge is 2.12. The van der Waals surface area contributed by atoms with Crippen molar-refractivity contribution in [1.29, 1.82) is 0 Å². The molecule has 3 aromatic rings. The Morgan fingerprint density at radius 3 is 1.91 bits per heavy atom. The van der Waals surface area contributed by atoms with Crippen molar-refractivity contribution in [3.05, 3.63) is 81.7 Å². The third-order valence-corrected chi connectivity index (χ3v) is 4.56. The highest BCUT2D eigenvalue weighted by molar-refractivity contribution is 9.10. The van der Waals surface area contributed by atoms with Gasteiger partial charge < -0.3 is 10.6 Å². The van der Waals surface area contributed by atoms with Gasteiger partial charge in [0.25, 0.3) is 0 Å². The predicted molar refractivity (Wildman–Crippen MR) is 101 cm³/mol. The van der Waals surface area contributed by atoms with Gasteiger partial charge in [-0.1, -0.05) is 34.1 Å². The van der Waals surface area contributed by atoms with Gasteiger partial charge >= 0.3 is 0 Å². The van der Waals surface area contributed by atoms with Crippen LogP contribution in [0.15, 0.2) is 81.7 Å². The second-order valence-electron chi connectivity index (χ2n) is 4.85. The van der Waals surface area contributed by atoms with Gasteiger partial charge in [0.1, 0.15) is 0 Å². The number of benzene rings is 3. The van der Waals surface area contributed by atoms with Crippen molar-refractivity contribution >= 4 is 54.6 Å². The molecule has 0 spiro atoms. The van der Waals surface area contributed by atoms with Crippen LogP contribution in [0, 0.1) is 0 Å². The van der Waals surface area contributed by atoms with Gasteiger partial charge in [-0.2, -0.15) is 0 Å². The van der Waals surface area contributed by atoms with E-state index in [4.69, 9.17) is 5.73 Å². The van der Waals surface area contributed by atoms with E-state index >= 15 is 0 Å². The van der Waals surface area contributed by atoms with Crippen molar-refractivity contribution in [2.45, 2.75) is 0 Å². The molecule has 0 atom stereocenters.